The summed E-state index contributed by atoms with van der Waals surface area (Å²) in [7, 11) is 0. The summed E-state index contributed by atoms with van der Waals surface area (Å²) in [5.41, 5.74) is 7.66. The van der Waals surface area contributed by atoms with Crippen LogP contribution >= 0.6 is 11.3 Å². The van der Waals surface area contributed by atoms with Crippen LogP contribution in [0.25, 0.3) is 11.3 Å². The van der Waals surface area contributed by atoms with Gasteiger partial charge in [-0.2, -0.15) is 0 Å². The molecule has 2 aromatic heterocycles. The fourth-order valence-corrected chi connectivity index (χ4v) is 4.05. The van der Waals surface area contributed by atoms with Crippen LogP contribution in [0.3, 0.4) is 0 Å². The monoisotopic (exact) mass is 364 g/mol. The van der Waals surface area contributed by atoms with Gasteiger partial charge in [0.25, 0.3) is 0 Å². The molecule has 1 fully saturated rings. The van der Waals surface area contributed by atoms with Crippen molar-refractivity contribution in [2.75, 3.05) is 18.0 Å². The third-order valence-electron chi connectivity index (χ3n) is 4.97. The Morgan fingerprint density at radius 3 is 2.62 bits per heavy atom. The topological polar surface area (TPSA) is 41.0 Å². The minimum atomic E-state index is 0.572. The number of aromatic nitrogens is 2. The van der Waals surface area contributed by atoms with Gasteiger partial charge < -0.3 is 10.2 Å². The molecule has 0 atom stereocenters. The Kier molecular flexibility index (Phi) is 5.27. The van der Waals surface area contributed by atoms with Gasteiger partial charge in [-0.15, -0.1) is 11.3 Å². The van der Waals surface area contributed by atoms with E-state index in [-0.39, 0.29) is 0 Å². The lowest BCUT2D eigenvalue weighted by Crippen LogP contribution is -2.42. The van der Waals surface area contributed by atoms with Gasteiger partial charge in [0.05, 0.1) is 16.9 Å². The van der Waals surface area contributed by atoms with Crippen LogP contribution in [0.1, 0.15) is 24.2 Å². The highest BCUT2D eigenvalue weighted by Crippen LogP contribution is 2.25. The number of piperidine rings is 1. The SMILES string of the molecule is Cc1cccc(CNC2CCN(c3ccc(-c4cscn4)cc3)CC2)n1. The molecular formula is C21H24N4S. The van der Waals surface area contributed by atoms with Crippen molar-refractivity contribution in [1.82, 2.24) is 15.3 Å². The van der Waals surface area contributed by atoms with Gasteiger partial charge in [-0.25, -0.2) is 4.98 Å². The summed E-state index contributed by atoms with van der Waals surface area (Å²) in [5.74, 6) is 0. The fraction of sp³-hybridized carbons (Fsp3) is 0.333. The average Bonchev–Trinajstić information content (AvgIpc) is 3.22. The Balaban J connectivity index is 1.29. The van der Waals surface area contributed by atoms with Crippen molar-refractivity contribution in [3.8, 4) is 11.3 Å². The predicted octanol–water partition coefficient (Wildman–Crippen LogP) is 4.27. The molecule has 5 heteroatoms. The minimum Gasteiger partial charge on any atom is -0.371 e. The number of thiazole rings is 1. The van der Waals surface area contributed by atoms with Crippen molar-refractivity contribution in [2.24, 2.45) is 0 Å². The van der Waals surface area contributed by atoms with Gasteiger partial charge in [0.1, 0.15) is 0 Å². The van der Waals surface area contributed by atoms with Gasteiger partial charge in [-0.05, 0) is 44.0 Å². The van der Waals surface area contributed by atoms with Crippen LogP contribution in [-0.2, 0) is 6.54 Å². The van der Waals surface area contributed by atoms with Crippen LogP contribution in [0.2, 0.25) is 0 Å². The Labute approximate surface area is 158 Å². The van der Waals surface area contributed by atoms with Gasteiger partial charge in [0.2, 0.25) is 0 Å². The van der Waals surface area contributed by atoms with Crippen LogP contribution < -0.4 is 10.2 Å². The lowest BCUT2D eigenvalue weighted by Gasteiger charge is -2.34. The summed E-state index contributed by atoms with van der Waals surface area (Å²) in [6, 6.07) is 15.6. The van der Waals surface area contributed by atoms with Crippen LogP contribution in [0.15, 0.2) is 53.4 Å². The van der Waals surface area contributed by atoms with Crippen molar-refractivity contribution < 1.29 is 0 Å². The van der Waals surface area contributed by atoms with Crippen LogP contribution in [0, 0.1) is 6.92 Å². The molecule has 1 N–H and O–H groups in total. The second kappa shape index (κ2) is 7.98. The molecule has 0 bridgehead atoms. The third kappa shape index (κ3) is 4.11. The molecule has 26 heavy (non-hydrogen) atoms. The first-order chi connectivity index (χ1) is 12.8. The standard InChI is InChI=1S/C21H24N4S/c1-16-3-2-4-19(24-16)13-22-18-9-11-25(12-10-18)20-7-5-17(6-8-20)21-14-26-15-23-21/h2-8,14-15,18,22H,9-13H2,1H3. The summed E-state index contributed by atoms with van der Waals surface area (Å²) in [5, 5.41) is 5.76. The summed E-state index contributed by atoms with van der Waals surface area (Å²) in [4.78, 5) is 11.4. The maximum atomic E-state index is 4.57. The molecule has 3 aromatic rings. The van der Waals surface area contributed by atoms with Gasteiger partial charge in [-0.3, -0.25) is 4.98 Å². The number of benzene rings is 1. The second-order valence-electron chi connectivity index (χ2n) is 6.83. The van der Waals surface area contributed by atoms with E-state index in [1.165, 1.54) is 24.1 Å². The molecule has 0 saturated carbocycles. The van der Waals surface area contributed by atoms with Gasteiger partial charge in [0.15, 0.2) is 0 Å². The summed E-state index contributed by atoms with van der Waals surface area (Å²) < 4.78 is 0. The van der Waals surface area contributed by atoms with Gasteiger partial charge >= 0.3 is 0 Å². The minimum absolute atomic E-state index is 0.572. The number of hydrogen-bond acceptors (Lipinski definition) is 5. The number of nitrogens with one attached hydrogen (secondary N) is 1. The molecule has 3 heterocycles. The molecule has 4 nitrogen and oxygen atoms in total. The zero-order valence-corrected chi connectivity index (χ0v) is 15.9. The zero-order valence-electron chi connectivity index (χ0n) is 15.1. The number of pyridine rings is 1. The molecule has 1 aliphatic heterocycles. The van der Waals surface area contributed by atoms with Crippen LogP contribution in [0.4, 0.5) is 5.69 Å². The molecule has 0 amide bonds. The maximum Gasteiger partial charge on any atom is 0.0811 e. The summed E-state index contributed by atoms with van der Waals surface area (Å²) in [6.07, 6.45) is 2.33. The molecule has 1 aromatic carbocycles. The van der Waals surface area contributed by atoms with E-state index in [4.69, 9.17) is 0 Å². The molecule has 0 radical (unpaired) electrons. The summed E-state index contributed by atoms with van der Waals surface area (Å²) >= 11 is 1.64. The van der Waals surface area contributed by atoms with E-state index in [0.717, 1.165) is 36.7 Å². The Hall–Kier alpha value is -2.24. The van der Waals surface area contributed by atoms with E-state index in [2.05, 4.69) is 62.0 Å². The summed E-state index contributed by atoms with van der Waals surface area (Å²) in [6.45, 7) is 5.08. The van der Waals surface area contributed by atoms with Crippen molar-refractivity contribution >= 4 is 17.0 Å². The van der Waals surface area contributed by atoms with Crippen molar-refractivity contribution in [3.05, 3.63) is 64.7 Å². The van der Waals surface area contributed by atoms with Gasteiger partial charge in [0, 0.05) is 48.0 Å². The number of nitrogens with zero attached hydrogens (tertiary/aromatic N) is 3. The fourth-order valence-electron chi connectivity index (χ4n) is 3.49. The Morgan fingerprint density at radius 1 is 1.12 bits per heavy atom. The lowest BCUT2D eigenvalue weighted by molar-refractivity contribution is 0.412. The number of aryl methyl sites for hydroxylation is 1. The van der Waals surface area contributed by atoms with Gasteiger partial charge in [-0.1, -0.05) is 18.2 Å². The van der Waals surface area contributed by atoms with E-state index in [1.807, 2.05) is 18.5 Å². The number of anilines is 1. The van der Waals surface area contributed by atoms with Crippen molar-refractivity contribution in [2.45, 2.75) is 32.4 Å². The highest BCUT2D eigenvalue weighted by molar-refractivity contribution is 7.07. The number of rotatable bonds is 5. The van der Waals surface area contributed by atoms with E-state index in [9.17, 15) is 0 Å². The molecule has 0 unspecified atom stereocenters. The quantitative estimate of drug-likeness (QED) is 0.734. The highest BCUT2D eigenvalue weighted by atomic mass is 32.1. The first-order valence-corrected chi connectivity index (χ1v) is 10.1. The predicted molar refractivity (Wildman–Crippen MR) is 109 cm³/mol. The lowest BCUT2D eigenvalue weighted by atomic mass is 10.0. The van der Waals surface area contributed by atoms with E-state index in [1.54, 1.807) is 11.3 Å². The smallest absolute Gasteiger partial charge is 0.0811 e. The molecule has 134 valence electrons. The Bertz CT molecular complexity index is 821. The number of hydrogen-bond donors (Lipinski definition) is 1. The highest BCUT2D eigenvalue weighted by Gasteiger charge is 2.19. The molecule has 1 saturated heterocycles. The third-order valence-corrected chi connectivity index (χ3v) is 5.56. The molecule has 0 aliphatic carbocycles. The zero-order chi connectivity index (χ0) is 17.8. The molecule has 0 spiro atoms. The van der Waals surface area contributed by atoms with Crippen molar-refractivity contribution in [1.29, 1.82) is 0 Å². The first kappa shape index (κ1) is 17.2. The molecule has 1 aliphatic rings. The average molecular weight is 365 g/mol. The van der Waals surface area contributed by atoms with Crippen molar-refractivity contribution in [3.63, 3.8) is 0 Å². The molecule has 4 rings (SSSR count). The van der Waals surface area contributed by atoms with Crippen LogP contribution in [-0.4, -0.2) is 29.1 Å². The first-order valence-electron chi connectivity index (χ1n) is 9.17. The van der Waals surface area contributed by atoms with Crippen LogP contribution in [0.5, 0.6) is 0 Å². The molecular weight excluding hydrogens is 340 g/mol. The Morgan fingerprint density at radius 2 is 1.92 bits per heavy atom. The largest absolute Gasteiger partial charge is 0.371 e. The van der Waals surface area contributed by atoms with E-state index in [0.29, 0.717) is 6.04 Å². The maximum absolute atomic E-state index is 4.57. The second-order valence-corrected chi connectivity index (χ2v) is 7.55. The van der Waals surface area contributed by atoms with E-state index < -0.39 is 0 Å². The normalized spacial score (nSPS) is 15.3. The van der Waals surface area contributed by atoms with E-state index >= 15 is 0 Å².